The molecule has 2 rings (SSSR count). The Balaban J connectivity index is 1.83. The van der Waals surface area contributed by atoms with Gasteiger partial charge in [0.2, 0.25) is 5.91 Å². The lowest BCUT2D eigenvalue weighted by molar-refractivity contribution is -0.151. The van der Waals surface area contributed by atoms with Gasteiger partial charge in [0.05, 0.1) is 0 Å². The summed E-state index contributed by atoms with van der Waals surface area (Å²) in [7, 11) is 0. The largest absolute Gasteiger partial charge is 0.479 e. The fourth-order valence-electron chi connectivity index (χ4n) is 2.66. The van der Waals surface area contributed by atoms with Gasteiger partial charge in [-0.3, -0.25) is 4.79 Å². The molecule has 2 fully saturated rings. The highest BCUT2D eigenvalue weighted by atomic mass is 32.2. The Morgan fingerprint density at radius 1 is 1.22 bits per heavy atom. The van der Waals surface area contributed by atoms with Crippen molar-refractivity contribution >= 4 is 23.6 Å². The SMILES string of the molecule is CSC1CCCC1NC(=O)C1CCC(C(=O)O)O1. The molecule has 0 aromatic heterocycles. The van der Waals surface area contributed by atoms with E-state index in [2.05, 4.69) is 11.6 Å². The highest BCUT2D eigenvalue weighted by molar-refractivity contribution is 7.99. The molecule has 0 bridgehead atoms. The monoisotopic (exact) mass is 273 g/mol. The Bertz CT molecular complexity index is 336. The van der Waals surface area contributed by atoms with Gasteiger partial charge in [0.1, 0.15) is 6.10 Å². The highest BCUT2D eigenvalue weighted by Crippen LogP contribution is 2.29. The topological polar surface area (TPSA) is 75.6 Å². The van der Waals surface area contributed by atoms with Crippen molar-refractivity contribution in [2.24, 2.45) is 0 Å². The Labute approximate surface area is 111 Å². The lowest BCUT2D eigenvalue weighted by atomic mass is 10.1. The quantitative estimate of drug-likeness (QED) is 0.800. The van der Waals surface area contributed by atoms with Crippen molar-refractivity contribution in [1.29, 1.82) is 0 Å². The average molecular weight is 273 g/mol. The van der Waals surface area contributed by atoms with Crippen LogP contribution < -0.4 is 5.32 Å². The van der Waals surface area contributed by atoms with Gasteiger partial charge >= 0.3 is 5.97 Å². The molecule has 2 N–H and O–H groups in total. The van der Waals surface area contributed by atoms with E-state index in [1.165, 1.54) is 0 Å². The maximum Gasteiger partial charge on any atom is 0.332 e. The summed E-state index contributed by atoms with van der Waals surface area (Å²) in [6.07, 6.45) is 4.85. The van der Waals surface area contributed by atoms with E-state index in [9.17, 15) is 9.59 Å². The Hall–Kier alpha value is -0.750. The van der Waals surface area contributed by atoms with Crippen molar-refractivity contribution < 1.29 is 19.4 Å². The standard InChI is InChI=1S/C12H19NO4S/c1-18-10-4-2-3-7(10)13-11(14)8-5-6-9(17-8)12(15)16/h7-10H,2-6H2,1H3,(H,13,14)(H,15,16). The minimum atomic E-state index is -0.979. The number of ether oxygens (including phenoxy) is 1. The molecule has 1 aliphatic heterocycles. The summed E-state index contributed by atoms with van der Waals surface area (Å²) < 4.78 is 5.25. The molecule has 5 nitrogen and oxygen atoms in total. The second-order valence-electron chi connectivity index (χ2n) is 4.85. The van der Waals surface area contributed by atoms with Crippen LogP contribution in [0.3, 0.4) is 0 Å². The third-order valence-electron chi connectivity index (χ3n) is 3.67. The zero-order valence-corrected chi connectivity index (χ0v) is 11.2. The number of amides is 1. The smallest absolute Gasteiger partial charge is 0.332 e. The van der Waals surface area contributed by atoms with Crippen LogP contribution in [0.5, 0.6) is 0 Å². The summed E-state index contributed by atoms with van der Waals surface area (Å²) >= 11 is 1.78. The Morgan fingerprint density at radius 3 is 2.56 bits per heavy atom. The van der Waals surface area contributed by atoms with Crippen LogP contribution in [0.25, 0.3) is 0 Å². The van der Waals surface area contributed by atoms with E-state index in [1.807, 2.05) is 0 Å². The van der Waals surface area contributed by atoms with Crippen LogP contribution in [-0.4, -0.2) is 46.7 Å². The van der Waals surface area contributed by atoms with Gasteiger partial charge < -0.3 is 15.2 Å². The van der Waals surface area contributed by atoms with Crippen molar-refractivity contribution in [3.05, 3.63) is 0 Å². The van der Waals surface area contributed by atoms with Gasteiger partial charge in [0.25, 0.3) is 0 Å². The minimum absolute atomic E-state index is 0.148. The molecule has 0 radical (unpaired) electrons. The van der Waals surface area contributed by atoms with E-state index in [1.54, 1.807) is 11.8 Å². The van der Waals surface area contributed by atoms with Gasteiger partial charge in [-0.05, 0) is 31.9 Å². The van der Waals surface area contributed by atoms with E-state index < -0.39 is 18.2 Å². The van der Waals surface area contributed by atoms with E-state index >= 15 is 0 Å². The first kappa shape index (κ1) is 13.7. The summed E-state index contributed by atoms with van der Waals surface area (Å²) in [5, 5.41) is 12.3. The molecular weight excluding hydrogens is 254 g/mol. The molecule has 1 aliphatic carbocycles. The molecule has 4 unspecified atom stereocenters. The second-order valence-corrected chi connectivity index (χ2v) is 5.93. The third-order valence-corrected chi connectivity index (χ3v) is 4.84. The maximum atomic E-state index is 12.0. The molecule has 1 saturated heterocycles. The predicted octanol–water partition coefficient (Wildman–Crippen LogP) is 1.02. The molecule has 0 aromatic carbocycles. The number of hydrogen-bond acceptors (Lipinski definition) is 4. The van der Waals surface area contributed by atoms with Crippen molar-refractivity contribution in [2.75, 3.05) is 6.26 Å². The number of aliphatic carboxylic acids is 1. The molecule has 102 valence electrons. The van der Waals surface area contributed by atoms with Crippen LogP contribution in [0.1, 0.15) is 32.1 Å². The van der Waals surface area contributed by atoms with E-state index in [0.29, 0.717) is 18.1 Å². The van der Waals surface area contributed by atoms with Crippen LogP contribution in [0.2, 0.25) is 0 Å². The minimum Gasteiger partial charge on any atom is -0.479 e. The van der Waals surface area contributed by atoms with Gasteiger partial charge in [0, 0.05) is 11.3 Å². The summed E-state index contributed by atoms with van der Waals surface area (Å²) in [6.45, 7) is 0. The second kappa shape index (κ2) is 5.93. The molecule has 4 atom stereocenters. The van der Waals surface area contributed by atoms with Crippen molar-refractivity contribution in [3.63, 3.8) is 0 Å². The number of carboxylic acids is 1. The van der Waals surface area contributed by atoms with Gasteiger partial charge in [0.15, 0.2) is 6.10 Å². The lowest BCUT2D eigenvalue weighted by Crippen LogP contribution is -2.44. The van der Waals surface area contributed by atoms with Gasteiger partial charge in [-0.25, -0.2) is 4.79 Å². The van der Waals surface area contributed by atoms with E-state index in [4.69, 9.17) is 9.84 Å². The highest BCUT2D eigenvalue weighted by Gasteiger charge is 2.37. The average Bonchev–Trinajstić information content (AvgIpc) is 2.96. The van der Waals surface area contributed by atoms with Crippen LogP contribution >= 0.6 is 11.8 Å². The molecule has 18 heavy (non-hydrogen) atoms. The summed E-state index contributed by atoms with van der Waals surface area (Å²) in [5.41, 5.74) is 0. The fraction of sp³-hybridized carbons (Fsp3) is 0.833. The van der Waals surface area contributed by atoms with E-state index in [-0.39, 0.29) is 11.9 Å². The zero-order chi connectivity index (χ0) is 13.1. The first-order valence-electron chi connectivity index (χ1n) is 6.33. The number of carboxylic acid groups (broad SMARTS) is 1. The van der Waals surface area contributed by atoms with Gasteiger partial charge in [-0.1, -0.05) is 6.42 Å². The Kier molecular flexibility index (Phi) is 4.50. The van der Waals surface area contributed by atoms with Crippen LogP contribution in [0.4, 0.5) is 0 Å². The molecule has 1 amide bonds. The number of thioether (sulfide) groups is 1. The number of carbonyl (C=O) groups excluding carboxylic acids is 1. The molecule has 1 heterocycles. The third kappa shape index (κ3) is 2.98. The van der Waals surface area contributed by atoms with Crippen LogP contribution in [0, 0.1) is 0 Å². The number of nitrogens with one attached hydrogen (secondary N) is 1. The molecule has 1 saturated carbocycles. The molecule has 6 heteroatoms. The van der Waals surface area contributed by atoms with Crippen LogP contribution in [-0.2, 0) is 14.3 Å². The number of carbonyl (C=O) groups is 2. The molecule has 0 aromatic rings. The van der Waals surface area contributed by atoms with Crippen molar-refractivity contribution in [2.45, 2.75) is 55.6 Å². The normalized spacial score (nSPS) is 35.6. The van der Waals surface area contributed by atoms with Gasteiger partial charge in [-0.15, -0.1) is 0 Å². The van der Waals surface area contributed by atoms with Crippen molar-refractivity contribution in [3.8, 4) is 0 Å². The lowest BCUT2D eigenvalue weighted by Gasteiger charge is -2.21. The molecular formula is C12H19NO4S. The number of rotatable bonds is 4. The first-order valence-corrected chi connectivity index (χ1v) is 7.62. The van der Waals surface area contributed by atoms with Crippen molar-refractivity contribution in [1.82, 2.24) is 5.32 Å². The van der Waals surface area contributed by atoms with Gasteiger partial charge in [-0.2, -0.15) is 11.8 Å². The molecule has 2 aliphatic rings. The maximum absolute atomic E-state index is 12.0. The van der Waals surface area contributed by atoms with E-state index in [0.717, 1.165) is 19.3 Å². The summed E-state index contributed by atoms with van der Waals surface area (Å²) in [6, 6.07) is 0.208. The molecule has 0 spiro atoms. The zero-order valence-electron chi connectivity index (χ0n) is 10.4. The summed E-state index contributed by atoms with van der Waals surface area (Å²) in [5.74, 6) is -1.13. The van der Waals surface area contributed by atoms with Crippen LogP contribution in [0.15, 0.2) is 0 Å². The predicted molar refractivity (Wildman–Crippen MR) is 68.6 cm³/mol. The summed E-state index contributed by atoms with van der Waals surface area (Å²) in [4.78, 5) is 22.7. The number of hydrogen-bond donors (Lipinski definition) is 2. The first-order chi connectivity index (χ1) is 8.61. The Morgan fingerprint density at radius 2 is 1.94 bits per heavy atom. The fourth-order valence-corrected chi connectivity index (χ4v) is 3.60.